The number of rotatable bonds is 6. The van der Waals surface area contributed by atoms with Crippen molar-refractivity contribution in [3.05, 3.63) is 17.0 Å². The van der Waals surface area contributed by atoms with Gasteiger partial charge >= 0.3 is 5.97 Å². The predicted molar refractivity (Wildman–Crippen MR) is 65.2 cm³/mol. The van der Waals surface area contributed by atoms with Crippen molar-refractivity contribution in [2.45, 2.75) is 20.3 Å². The van der Waals surface area contributed by atoms with Crippen LogP contribution >= 0.6 is 0 Å². The van der Waals surface area contributed by atoms with E-state index in [4.69, 9.17) is 10.8 Å². The number of hydrogen-bond acceptors (Lipinski definition) is 4. The third kappa shape index (κ3) is 4.09. The average Bonchev–Trinajstić information content (AvgIpc) is 2.58. The number of aryl methyl sites for hydroxylation is 2. The molecule has 1 rings (SSSR count). The molecule has 0 aliphatic carbocycles. The highest BCUT2D eigenvalue weighted by Gasteiger charge is 2.21. The first-order chi connectivity index (χ1) is 8.81. The van der Waals surface area contributed by atoms with Gasteiger partial charge in [0.2, 0.25) is 11.8 Å². The maximum absolute atomic E-state index is 12.0. The van der Waals surface area contributed by atoms with Crippen molar-refractivity contribution in [3.8, 4) is 0 Å². The molecule has 0 spiro atoms. The Morgan fingerprint density at radius 2 is 1.95 bits per heavy atom. The van der Waals surface area contributed by atoms with Crippen molar-refractivity contribution in [2.24, 2.45) is 5.73 Å². The van der Waals surface area contributed by atoms with E-state index in [0.717, 1.165) is 10.6 Å². The third-order valence-corrected chi connectivity index (χ3v) is 2.63. The van der Waals surface area contributed by atoms with Crippen LogP contribution < -0.4 is 5.73 Å². The van der Waals surface area contributed by atoms with Crippen LogP contribution in [0.2, 0.25) is 0 Å². The van der Waals surface area contributed by atoms with Crippen molar-refractivity contribution < 1.29 is 19.5 Å². The molecular formula is C11H16N4O4. The fourth-order valence-corrected chi connectivity index (χ4v) is 1.68. The van der Waals surface area contributed by atoms with Gasteiger partial charge in [-0.2, -0.15) is 5.10 Å². The van der Waals surface area contributed by atoms with E-state index in [1.54, 1.807) is 13.8 Å². The Morgan fingerprint density at radius 1 is 1.32 bits per heavy atom. The number of carboxylic acid groups (broad SMARTS) is 1. The van der Waals surface area contributed by atoms with Crippen LogP contribution in [0.5, 0.6) is 0 Å². The van der Waals surface area contributed by atoms with E-state index >= 15 is 0 Å². The second kappa shape index (κ2) is 5.98. The molecule has 8 nitrogen and oxygen atoms in total. The summed E-state index contributed by atoms with van der Waals surface area (Å²) < 4.78 is 0. The van der Waals surface area contributed by atoms with Crippen molar-refractivity contribution >= 4 is 17.8 Å². The number of carbonyl (C=O) groups excluding carboxylic acids is 2. The van der Waals surface area contributed by atoms with Gasteiger partial charge < -0.3 is 15.7 Å². The summed E-state index contributed by atoms with van der Waals surface area (Å²) in [5, 5.41) is 15.4. The molecule has 0 fully saturated rings. The number of aliphatic carboxylic acids is 1. The molecule has 0 radical (unpaired) electrons. The Kier molecular flexibility index (Phi) is 4.62. The van der Waals surface area contributed by atoms with E-state index in [9.17, 15) is 14.4 Å². The summed E-state index contributed by atoms with van der Waals surface area (Å²) in [7, 11) is 0. The van der Waals surface area contributed by atoms with Crippen molar-refractivity contribution in [1.29, 1.82) is 0 Å². The molecule has 104 valence electrons. The third-order valence-electron chi connectivity index (χ3n) is 2.63. The topological polar surface area (TPSA) is 129 Å². The maximum Gasteiger partial charge on any atom is 0.323 e. The van der Waals surface area contributed by atoms with Gasteiger partial charge in [-0.25, -0.2) is 0 Å². The van der Waals surface area contributed by atoms with Crippen LogP contribution in [0.3, 0.4) is 0 Å². The van der Waals surface area contributed by atoms with Crippen LogP contribution in [-0.4, -0.2) is 51.1 Å². The van der Waals surface area contributed by atoms with E-state index < -0.39 is 30.9 Å². The number of nitrogens with two attached hydrogens (primary N) is 1. The van der Waals surface area contributed by atoms with Crippen LogP contribution in [0.4, 0.5) is 0 Å². The molecule has 19 heavy (non-hydrogen) atoms. The Balaban J connectivity index is 2.82. The molecule has 0 aliphatic rings. The highest BCUT2D eigenvalue weighted by Crippen LogP contribution is 2.11. The van der Waals surface area contributed by atoms with Gasteiger partial charge in [0.1, 0.15) is 6.54 Å². The zero-order valence-corrected chi connectivity index (χ0v) is 10.8. The molecule has 0 aliphatic heterocycles. The monoisotopic (exact) mass is 268 g/mol. The second-order valence-corrected chi connectivity index (χ2v) is 4.20. The first-order valence-electron chi connectivity index (χ1n) is 5.59. The Morgan fingerprint density at radius 3 is 2.37 bits per heavy atom. The summed E-state index contributed by atoms with van der Waals surface area (Å²) in [5.74, 6) is -2.43. The lowest BCUT2D eigenvalue weighted by atomic mass is 10.1. The molecule has 4 N–H and O–H groups in total. The SMILES string of the molecule is Cc1n[nH]c(C)c1CC(=O)N(CC(N)=O)CC(=O)O. The molecule has 0 unspecified atom stereocenters. The minimum Gasteiger partial charge on any atom is -0.480 e. The van der Waals surface area contributed by atoms with Crippen LogP contribution in [0.25, 0.3) is 0 Å². The number of H-pyrrole nitrogens is 1. The Bertz CT molecular complexity index is 473. The maximum atomic E-state index is 12.0. The van der Waals surface area contributed by atoms with Gasteiger partial charge in [0, 0.05) is 11.3 Å². The van der Waals surface area contributed by atoms with E-state index in [0.29, 0.717) is 11.3 Å². The van der Waals surface area contributed by atoms with Gasteiger partial charge in [-0.15, -0.1) is 0 Å². The Labute approximate surface area is 109 Å². The molecule has 1 aromatic rings. The van der Waals surface area contributed by atoms with Gasteiger partial charge in [0.25, 0.3) is 0 Å². The van der Waals surface area contributed by atoms with Gasteiger partial charge in [0.15, 0.2) is 0 Å². The number of aromatic amines is 1. The van der Waals surface area contributed by atoms with Gasteiger partial charge in [-0.05, 0) is 13.8 Å². The number of amides is 2. The molecule has 0 bridgehead atoms. The molecule has 1 heterocycles. The number of carbonyl (C=O) groups is 3. The quantitative estimate of drug-likeness (QED) is 0.607. The molecule has 0 aromatic carbocycles. The number of hydrogen-bond donors (Lipinski definition) is 3. The summed E-state index contributed by atoms with van der Waals surface area (Å²) in [6.07, 6.45) is -0.0191. The lowest BCUT2D eigenvalue weighted by molar-refractivity contribution is -0.145. The first-order valence-corrected chi connectivity index (χ1v) is 5.59. The summed E-state index contributed by atoms with van der Waals surface area (Å²) >= 11 is 0. The minimum absolute atomic E-state index is 0.0191. The lowest BCUT2D eigenvalue weighted by Crippen LogP contribution is -2.42. The highest BCUT2D eigenvalue weighted by atomic mass is 16.4. The zero-order valence-electron chi connectivity index (χ0n) is 10.8. The normalized spacial score (nSPS) is 10.2. The zero-order chi connectivity index (χ0) is 14.6. The van der Waals surface area contributed by atoms with Crippen molar-refractivity contribution in [3.63, 3.8) is 0 Å². The van der Waals surface area contributed by atoms with E-state index in [2.05, 4.69) is 10.2 Å². The molecule has 0 saturated heterocycles. The molecule has 8 heteroatoms. The average molecular weight is 268 g/mol. The predicted octanol–water partition coefficient (Wildman–Crippen LogP) is -1.03. The number of nitrogens with one attached hydrogen (secondary N) is 1. The summed E-state index contributed by atoms with van der Waals surface area (Å²) in [6.45, 7) is 2.53. The van der Waals surface area contributed by atoms with E-state index in [1.165, 1.54) is 0 Å². The van der Waals surface area contributed by atoms with Gasteiger partial charge in [-0.1, -0.05) is 0 Å². The molecule has 1 aromatic heterocycles. The standard InChI is InChI=1S/C11H16N4O4/c1-6-8(7(2)14-13-6)3-10(17)15(4-9(12)16)5-11(18)19/h3-5H2,1-2H3,(H2,12,16)(H,13,14)(H,18,19). The second-order valence-electron chi connectivity index (χ2n) is 4.20. The smallest absolute Gasteiger partial charge is 0.323 e. The number of aromatic nitrogens is 2. The largest absolute Gasteiger partial charge is 0.480 e. The lowest BCUT2D eigenvalue weighted by Gasteiger charge is -2.18. The van der Waals surface area contributed by atoms with Gasteiger partial charge in [-0.3, -0.25) is 19.5 Å². The van der Waals surface area contributed by atoms with Gasteiger partial charge in [0.05, 0.1) is 18.7 Å². The summed E-state index contributed by atoms with van der Waals surface area (Å²) in [5.41, 5.74) is 7.10. The minimum atomic E-state index is -1.20. The molecular weight excluding hydrogens is 252 g/mol. The molecule has 2 amide bonds. The van der Waals surface area contributed by atoms with Crippen LogP contribution in [-0.2, 0) is 20.8 Å². The molecule has 0 saturated carbocycles. The van der Waals surface area contributed by atoms with Crippen molar-refractivity contribution in [1.82, 2.24) is 15.1 Å². The number of carboxylic acids is 1. The highest BCUT2D eigenvalue weighted by molar-refractivity contribution is 5.88. The summed E-state index contributed by atoms with van der Waals surface area (Å²) in [4.78, 5) is 34.4. The van der Waals surface area contributed by atoms with Crippen LogP contribution in [0, 0.1) is 13.8 Å². The Hall–Kier alpha value is -2.38. The first kappa shape index (κ1) is 14.7. The number of primary amides is 1. The van der Waals surface area contributed by atoms with E-state index in [-0.39, 0.29) is 6.42 Å². The fraction of sp³-hybridized carbons (Fsp3) is 0.455. The number of nitrogens with zero attached hydrogens (tertiary/aromatic N) is 2. The van der Waals surface area contributed by atoms with Crippen LogP contribution in [0.15, 0.2) is 0 Å². The van der Waals surface area contributed by atoms with Crippen LogP contribution in [0.1, 0.15) is 17.0 Å². The summed E-state index contributed by atoms with van der Waals surface area (Å²) in [6, 6.07) is 0. The van der Waals surface area contributed by atoms with E-state index in [1.807, 2.05) is 0 Å². The fourth-order valence-electron chi connectivity index (χ4n) is 1.68. The molecule has 0 atom stereocenters. The van der Waals surface area contributed by atoms with Crippen molar-refractivity contribution in [2.75, 3.05) is 13.1 Å².